The third-order valence-corrected chi connectivity index (χ3v) is 4.37. The highest BCUT2D eigenvalue weighted by Gasteiger charge is 2.26. The molecule has 2 aromatic carbocycles. The zero-order valence-corrected chi connectivity index (χ0v) is 16.5. The maximum Gasteiger partial charge on any atom is 0.257 e. The molecule has 1 aliphatic rings. The Morgan fingerprint density at radius 1 is 1.20 bits per heavy atom. The molecule has 9 heteroatoms. The standard InChI is InChI=1S/C21H22F2N6O/c1-12(2)25-21(27-20(30)14-5-3-4-13(6-14)11-24)26-19-10-18(28-29-19)15-7-16(22)9-17(23)8-15/h3-9,12,18-19,28-29H,10H2,1-2H3,(H2,25,26,27,30). The van der Waals surface area contributed by atoms with E-state index in [1.54, 1.807) is 18.2 Å². The quantitative estimate of drug-likeness (QED) is 0.457. The number of nitrogens with one attached hydrogen (secondary N) is 4. The van der Waals surface area contributed by atoms with Crippen molar-refractivity contribution < 1.29 is 13.6 Å². The van der Waals surface area contributed by atoms with Gasteiger partial charge in [0.15, 0.2) is 5.96 Å². The Balaban J connectivity index is 1.73. The van der Waals surface area contributed by atoms with Gasteiger partial charge in [0.25, 0.3) is 5.91 Å². The number of halogens is 2. The number of hydrogen-bond donors (Lipinski definition) is 4. The largest absolute Gasteiger partial charge is 0.354 e. The number of guanidine groups is 1. The van der Waals surface area contributed by atoms with E-state index in [4.69, 9.17) is 5.26 Å². The summed E-state index contributed by atoms with van der Waals surface area (Å²) in [5.41, 5.74) is 7.11. The van der Waals surface area contributed by atoms with Crippen LogP contribution in [0.1, 0.15) is 47.8 Å². The molecule has 0 aromatic heterocycles. The lowest BCUT2D eigenvalue weighted by Crippen LogP contribution is -2.45. The van der Waals surface area contributed by atoms with Gasteiger partial charge in [-0.1, -0.05) is 6.07 Å². The van der Waals surface area contributed by atoms with E-state index in [0.717, 1.165) is 6.07 Å². The minimum atomic E-state index is -0.646. The number of carbonyl (C=O) groups excluding carboxylic acids is 1. The fourth-order valence-corrected chi connectivity index (χ4v) is 3.06. The third kappa shape index (κ3) is 5.59. The van der Waals surface area contributed by atoms with E-state index in [0.29, 0.717) is 23.1 Å². The smallest absolute Gasteiger partial charge is 0.257 e. The lowest BCUT2D eigenvalue weighted by atomic mass is 10.0. The van der Waals surface area contributed by atoms with Crippen molar-refractivity contribution in [2.75, 3.05) is 0 Å². The molecule has 1 saturated heterocycles. The molecule has 0 aliphatic carbocycles. The summed E-state index contributed by atoms with van der Waals surface area (Å²) < 4.78 is 27.0. The summed E-state index contributed by atoms with van der Waals surface area (Å²) >= 11 is 0. The summed E-state index contributed by atoms with van der Waals surface area (Å²) in [7, 11) is 0. The van der Waals surface area contributed by atoms with E-state index in [9.17, 15) is 13.6 Å². The van der Waals surface area contributed by atoms with Crippen molar-refractivity contribution in [2.45, 2.75) is 38.5 Å². The van der Waals surface area contributed by atoms with Crippen molar-refractivity contribution >= 4 is 11.9 Å². The Kier molecular flexibility index (Phi) is 6.72. The fourth-order valence-electron chi connectivity index (χ4n) is 3.06. The van der Waals surface area contributed by atoms with Gasteiger partial charge in [0, 0.05) is 30.1 Å². The molecule has 1 fully saturated rings. The predicted molar refractivity (Wildman–Crippen MR) is 108 cm³/mol. The second-order valence-corrected chi connectivity index (χ2v) is 7.22. The van der Waals surface area contributed by atoms with Gasteiger partial charge in [0.05, 0.1) is 11.6 Å². The Hall–Kier alpha value is -3.35. The summed E-state index contributed by atoms with van der Waals surface area (Å²) in [5, 5.41) is 14.8. The van der Waals surface area contributed by atoms with Crippen LogP contribution in [0, 0.1) is 23.0 Å². The molecular formula is C21H22F2N6O. The first-order chi connectivity index (χ1) is 14.3. The molecule has 0 radical (unpaired) electrons. The van der Waals surface area contributed by atoms with Gasteiger partial charge in [-0.3, -0.25) is 10.1 Å². The van der Waals surface area contributed by atoms with Crippen LogP contribution in [-0.4, -0.2) is 24.1 Å². The molecule has 2 atom stereocenters. The van der Waals surface area contributed by atoms with Gasteiger partial charge >= 0.3 is 0 Å². The Morgan fingerprint density at radius 2 is 1.93 bits per heavy atom. The lowest BCUT2D eigenvalue weighted by Gasteiger charge is -2.16. The Morgan fingerprint density at radius 3 is 2.60 bits per heavy atom. The fraction of sp³-hybridized carbons (Fsp3) is 0.286. The number of amides is 1. The van der Waals surface area contributed by atoms with Crippen molar-refractivity contribution in [3.05, 3.63) is 70.8 Å². The van der Waals surface area contributed by atoms with E-state index < -0.39 is 23.7 Å². The highest BCUT2D eigenvalue weighted by Crippen LogP contribution is 2.24. The van der Waals surface area contributed by atoms with Crippen LogP contribution in [-0.2, 0) is 0 Å². The molecule has 30 heavy (non-hydrogen) atoms. The maximum absolute atomic E-state index is 13.5. The number of rotatable bonds is 4. The van der Waals surface area contributed by atoms with Crippen molar-refractivity contribution in [2.24, 2.45) is 4.99 Å². The van der Waals surface area contributed by atoms with Crippen molar-refractivity contribution in [3.63, 3.8) is 0 Å². The van der Waals surface area contributed by atoms with Gasteiger partial charge in [-0.25, -0.2) is 24.6 Å². The number of aliphatic imine (C=N–C) groups is 1. The average molecular weight is 412 g/mol. The first kappa shape index (κ1) is 21.4. The molecule has 2 unspecified atom stereocenters. The van der Waals surface area contributed by atoms with Crippen LogP contribution in [0.15, 0.2) is 47.5 Å². The lowest BCUT2D eigenvalue weighted by molar-refractivity contribution is 0.0975. The van der Waals surface area contributed by atoms with E-state index in [1.807, 2.05) is 19.9 Å². The SMILES string of the molecule is CC(C)NC(=NC1CC(c2cc(F)cc(F)c2)NN1)NC(=O)c1cccc(C#N)c1. The molecule has 1 heterocycles. The van der Waals surface area contributed by atoms with Gasteiger partial charge in [0.1, 0.15) is 17.8 Å². The first-order valence-corrected chi connectivity index (χ1v) is 9.47. The summed E-state index contributed by atoms with van der Waals surface area (Å²) in [5.74, 6) is -1.45. The van der Waals surface area contributed by atoms with Gasteiger partial charge in [-0.05, 0) is 49.7 Å². The topological polar surface area (TPSA) is 101 Å². The highest BCUT2D eigenvalue weighted by atomic mass is 19.1. The van der Waals surface area contributed by atoms with E-state index in [-0.39, 0.29) is 18.0 Å². The normalized spacial score (nSPS) is 18.9. The van der Waals surface area contributed by atoms with Crippen LogP contribution in [0.5, 0.6) is 0 Å². The third-order valence-electron chi connectivity index (χ3n) is 4.37. The molecule has 1 aliphatic heterocycles. The van der Waals surface area contributed by atoms with Crippen LogP contribution in [0.2, 0.25) is 0 Å². The highest BCUT2D eigenvalue weighted by molar-refractivity contribution is 6.05. The monoisotopic (exact) mass is 412 g/mol. The maximum atomic E-state index is 13.5. The minimum Gasteiger partial charge on any atom is -0.354 e. The molecule has 0 bridgehead atoms. The van der Waals surface area contributed by atoms with Crippen LogP contribution in [0.3, 0.4) is 0 Å². The molecule has 156 valence electrons. The Bertz CT molecular complexity index is 981. The van der Waals surface area contributed by atoms with Crippen molar-refractivity contribution in [3.8, 4) is 6.07 Å². The van der Waals surface area contributed by atoms with Crippen LogP contribution in [0.25, 0.3) is 0 Å². The van der Waals surface area contributed by atoms with Gasteiger partial charge in [-0.15, -0.1) is 0 Å². The van der Waals surface area contributed by atoms with E-state index >= 15 is 0 Å². The number of hydrazine groups is 1. The van der Waals surface area contributed by atoms with Crippen molar-refractivity contribution in [1.29, 1.82) is 5.26 Å². The van der Waals surface area contributed by atoms with Gasteiger partial charge < -0.3 is 5.32 Å². The molecular weight excluding hydrogens is 390 g/mol. The van der Waals surface area contributed by atoms with Gasteiger partial charge in [0.2, 0.25) is 0 Å². The van der Waals surface area contributed by atoms with Crippen LogP contribution in [0.4, 0.5) is 8.78 Å². The van der Waals surface area contributed by atoms with E-state index in [1.165, 1.54) is 18.2 Å². The van der Waals surface area contributed by atoms with Crippen LogP contribution >= 0.6 is 0 Å². The zero-order valence-electron chi connectivity index (χ0n) is 16.5. The van der Waals surface area contributed by atoms with E-state index in [2.05, 4.69) is 26.5 Å². The molecule has 7 nitrogen and oxygen atoms in total. The predicted octanol–water partition coefficient (Wildman–Crippen LogP) is 2.49. The number of benzene rings is 2. The molecule has 4 N–H and O–H groups in total. The second kappa shape index (κ2) is 9.43. The molecule has 1 amide bonds. The summed E-state index contributed by atoms with van der Waals surface area (Å²) in [6, 6.07) is 11.4. The van der Waals surface area contributed by atoms with Crippen molar-refractivity contribution in [1.82, 2.24) is 21.5 Å². The number of hydrogen-bond acceptors (Lipinski definition) is 5. The molecule has 3 rings (SSSR count). The molecule has 0 spiro atoms. The van der Waals surface area contributed by atoms with Gasteiger partial charge in [-0.2, -0.15) is 5.26 Å². The average Bonchev–Trinajstić information content (AvgIpc) is 3.15. The second-order valence-electron chi connectivity index (χ2n) is 7.22. The van der Waals surface area contributed by atoms with Crippen LogP contribution < -0.4 is 21.5 Å². The Labute approximate surface area is 173 Å². The first-order valence-electron chi connectivity index (χ1n) is 9.47. The summed E-state index contributed by atoms with van der Waals surface area (Å²) in [6.07, 6.45) is -0.0142. The summed E-state index contributed by atoms with van der Waals surface area (Å²) in [6.45, 7) is 3.80. The molecule has 0 saturated carbocycles. The molecule has 2 aromatic rings. The summed E-state index contributed by atoms with van der Waals surface area (Å²) in [4.78, 5) is 17.1. The minimum absolute atomic E-state index is 0.00281. The number of nitriles is 1. The number of nitrogens with zero attached hydrogens (tertiary/aromatic N) is 2. The number of carbonyl (C=O) groups is 1. The zero-order chi connectivity index (χ0) is 21.7.